The van der Waals surface area contributed by atoms with Crippen molar-refractivity contribution in [1.29, 1.82) is 0 Å². The van der Waals surface area contributed by atoms with E-state index in [1.54, 1.807) is 0 Å². The Morgan fingerprint density at radius 3 is 2.50 bits per heavy atom. The first-order chi connectivity index (χ1) is 14.3. The molecule has 0 saturated heterocycles. The van der Waals surface area contributed by atoms with Gasteiger partial charge in [-0.25, -0.2) is 0 Å². The van der Waals surface area contributed by atoms with E-state index < -0.39 is 10.8 Å². The number of aromatic nitrogens is 2. The number of ether oxygens (including phenoxy) is 2. The molecule has 0 unspecified atom stereocenters. The van der Waals surface area contributed by atoms with Gasteiger partial charge in [0.25, 0.3) is 11.6 Å². The normalized spacial score (nSPS) is 11.0. The number of nitrogens with one attached hydrogen (secondary N) is 1. The maximum atomic E-state index is 12.8. The number of amides is 1. The molecule has 30 heavy (non-hydrogen) atoms. The van der Waals surface area contributed by atoms with Crippen LogP contribution in [0.25, 0.3) is 0 Å². The van der Waals surface area contributed by atoms with Crippen molar-refractivity contribution in [2.45, 2.75) is 52.9 Å². The number of hydrogen-bond acceptors (Lipinski definition) is 8. The maximum absolute atomic E-state index is 12.8. The highest BCUT2D eigenvalue weighted by molar-refractivity contribution is 7.15. The number of hydrogen-bond donors (Lipinski definition) is 1. The second kappa shape index (κ2) is 10.9. The van der Waals surface area contributed by atoms with Crippen LogP contribution in [-0.2, 0) is 0 Å². The lowest BCUT2D eigenvalue weighted by molar-refractivity contribution is -0.385. The van der Waals surface area contributed by atoms with E-state index in [0.717, 1.165) is 24.3 Å². The van der Waals surface area contributed by atoms with Crippen molar-refractivity contribution in [3.05, 3.63) is 32.8 Å². The van der Waals surface area contributed by atoms with Gasteiger partial charge >= 0.3 is 0 Å². The topological polar surface area (TPSA) is 116 Å². The van der Waals surface area contributed by atoms with Crippen molar-refractivity contribution in [2.75, 3.05) is 19.0 Å². The molecule has 0 saturated carbocycles. The van der Waals surface area contributed by atoms with E-state index in [1.165, 1.54) is 30.6 Å². The number of nitro groups is 1. The van der Waals surface area contributed by atoms with E-state index in [-0.39, 0.29) is 28.7 Å². The first kappa shape index (κ1) is 23.5. The minimum absolute atomic E-state index is 0.132. The lowest BCUT2D eigenvalue weighted by atomic mass is 10.1. The van der Waals surface area contributed by atoms with Crippen LogP contribution in [0.15, 0.2) is 12.1 Å². The van der Waals surface area contributed by atoms with Crippen molar-refractivity contribution in [1.82, 2.24) is 10.2 Å². The predicted molar refractivity (Wildman–Crippen MR) is 116 cm³/mol. The molecule has 2 aromatic rings. The van der Waals surface area contributed by atoms with Crippen molar-refractivity contribution < 1.29 is 19.2 Å². The van der Waals surface area contributed by atoms with E-state index in [0.29, 0.717) is 17.7 Å². The third-order valence-corrected chi connectivity index (χ3v) is 5.67. The molecule has 2 rings (SSSR count). The number of carbonyl (C=O) groups is 1. The standard InChI is InChI=1S/C20H28N4O5S/c1-6-13(7-2)19-22-23-20(30-19)21-18(25)14-10-16(28-5)17(11-15(14)24(26)27)29-9-8-12(3)4/h10-13H,6-9H2,1-5H3,(H,21,23,25). The molecule has 1 amide bonds. The molecule has 0 atom stereocenters. The third-order valence-electron chi connectivity index (χ3n) is 4.67. The molecule has 0 aliphatic carbocycles. The summed E-state index contributed by atoms with van der Waals surface area (Å²) < 4.78 is 10.9. The van der Waals surface area contributed by atoms with Gasteiger partial charge in [-0.1, -0.05) is 39.0 Å². The largest absolute Gasteiger partial charge is 0.493 e. The molecule has 1 aromatic heterocycles. The second-order valence-electron chi connectivity index (χ2n) is 7.22. The molecule has 0 fully saturated rings. The Morgan fingerprint density at radius 2 is 1.93 bits per heavy atom. The van der Waals surface area contributed by atoms with Crippen molar-refractivity contribution in [2.24, 2.45) is 5.92 Å². The van der Waals surface area contributed by atoms with Crippen LogP contribution in [0.4, 0.5) is 10.8 Å². The fourth-order valence-electron chi connectivity index (χ4n) is 2.81. The van der Waals surface area contributed by atoms with Crippen LogP contribution in [0.2, 0.25) is 0 Å². The Bertz CT molecular complexity index is 880. The number of rotatable bonds is 11. The number of carbonyl (C=O) groups excluding carboxylic acids is 1. The van der Waals surface area contributed by atoms with Crippen LogP contribution in [0, 0.1) is 16.0 Å². The monoisotopic (exact) mass is 436 g/mol. The van der Waals surface area contributed by atoms with Gasteiger partial charge in [0.05, 0.1) is 24.7 Å². The number of anilines is 1. The lowest BCUT2D eigenvalue weighted by Gasteiger charge is -2.13. The van der Waals surface area contributed by atoms with Crippen LogP contribution < -0.4 is 14.8 Å². The SMILES string of the molecule is CCC(CC)c1nnc(NC(=O)c2cc(OC)c(OCCC(C)C)cc2[N+](=O)[O-])s1. The zero-order chi connectivity index (χ0) is 22.3. The Labute approximate surface area is 180 Å². The van der Waals surface area contributed by atoms with E-state index in [2.05, 4.69) is 43.2 Å². The fourth-order valence-corrected chi connectivity index (χ4v) is 3.82. The Morgan fingerprint density at radius 1 is 1.23 bits per heavy atom. The molecular formula is C20H28N4O5S. The van der Waals surface area contributed by atoms with Crippen LogP contribution in [0.1, 0.15) is 68.2 Å². The average Bonchev–Trinajstić information content (AvgIpc) is 3.16. The van der Waals surface area contributed by atoms with Crippen molar-refractivity contribution in [3.63, 3.8) is 0 Å². The van der Waals surface area contributed by atoms with Gasteiger partial charge in [-0.3, -0.25) is 20.2 Å². The highest BCUT2D eigenvalue weighted by Gasteiger charge is 2.26. The molecule has 0 spiro atoms. The summed E-state index contributed by atoms with van der Waals surface area (Å²) >= 11 is 1.27. The second-order valence-corrected chi connectivity index (χ2v) is 8.23. The molecule has 1 heterocycles. The molecule has 9 nitrogen and oxygen atoms in total. The summed E-state index contributed by atoms with van der Waals surface area (Å²) in [6.07, 6.45) is 2.62. The van der Waals surface area contributed by atoms with E-state index in [1.807, 2.05) is 0 Å². The quantitative estimate of drug-likeness (QED) is 0.387. The summed E-state index contributed by atoms with van der Waals surface area (Å²) in [6.45, 7) is 8.62. The van der Waals surface area contributed by atoms with Crippen LogP contribution in [0.5, 0.6) is 11.5 Å². The minimum atomic E-state index is -0.652. The average molecular weight is 437 g/mol. The lowest BCUT2D eigenvalue weighted by Crippen LogP contribution is -2.14. The molecule has 0 aliphatic heterocycles. The molecule has 0 radical (unpaired) electrons. The minimum Gasteiger partial charge on any atom is -0.493 e. The van der Waals surface area contributed by atoms with E-state index in [9.17, 15) is 14.9 Å². The number of nitro benzene ring substituents is 1. The number of nitrogens with zero attached hydrogens (tertiary/aromatic N) is 3. The highest BCUT2D eigenvalue weighted by atomic mass is 32.1. The van der Waals surface area contributed by atoms with Gasteiger partial charge in [-0.2, -0.15) is 0 Å². The Kier molecular flexibility index (Phi) is 8.52. The van der Waals surface area contributed by atoms with Gasteiger partial charge in [-0.15, -0.1) is 10.2 Å². The van der Waals surface area contributed by atoms with Crippen LogP contribution >= 0.6 is 11.3 Å². The van der Waals surface area contributed by atoms with Gasteiger partial charge in [0, 0.05) is 12.0 Å². The van der Waals surface area contributed by atoms with Gasteiger partial charge in [-0.05, 0) is 25.2 Å². The van der Waals surface area contributed by atoms with Crippen LogP contribution in [-0.4, -0.2) is 34.7 Å². The first-order valence-corrected chi connectivity index (χ1v) is 10.8. The molecule has 0 bridgehead atoms. The summed E-state index contributed by atoms with van der Waals surface area (Å²) in [5.41, 5.74) is -0.495. The maximum Gasteiger partial charge on any atom is 0.286 e. The Hall–Kier alpha value is -2.75. The molecule has 10 heteroatoms. The number of benzene rings is 1. The van der Waals surface area contributed by atoms with Crippen molar-refractivity contribution >= 4 is 28.1 Å². The van der Waals surface area contributed by atoms with Gasteiger partial charge < -0.3 is 9.47 Å². The smallest absolute Gasteiger partial charge is 0.286 e. The summed E-state index contributed by atoms with van der Waals surface area (Å²) in [7, 11) is 1.42. The first-order valence-electron chi connectivity index (χ1n) is 9.94. The molecule has 1 N–H and O–H groups in total. The molecule has 1 aromatic carbocycles. The summed E-state index contributed by atoms with van der Waals surface area (Å²) in [5.74, 6) is 0.525. The zero-order valence-electron chi connectivity index (χ0n) is 17.9. The fraction of sp³-hybridized carbons (Fsp3) is 0.550. The zero-order valence-corrected chi connectivity index (χ0v) is 18.7. The van der Waals surface area contributed by atoms with Crippen molar-refractivity contribution in [3.8, 4) is 11.5 Å². The predicted octanol–water partition coefficient (Wildman–Crippen LogP) is 5.04. The van der Waals surface area contributed by atoms with E-state index in [4.69, 9.17) is 9.47 Å². The molecular weight excluding hydrogens is 408 g/mol. The number of methoxy groups -OCH3 is 1. The highest BCUT2D eigenvalue weighted by Crippen LogP contribution is 2.36. The summed E-state index contributed by atoms with van der Waals surface area (Å²) in [4.78, 5) is 23.7. The summed E-state index contributed by atoms with van der Waals surface area (Å²) in [5, 5.41) is 23.5. The summed E-state index contributed by atoms with van der Waals surface area (Å²) in [6, 6.07) is 2.55. The molecule has 0 aliphatic rings. The third kappa shape index (κ3) is 5.88. The van der Waals surface area contributed by atoms with Gasteiger partial charge in [0.2, 0.25) is 5.13 Å². The van der Waals surface area contributed by atoms with Gasteiger partial charge in [0.15, 0.2) is 11.5 Å². The molecule has 164 valence electrons. The Balaban J connectivity index is 2.28. The van der Waals surface area contributed by atoms with Crippen LogP contribution in [0.3, 0.4) is 0 Å². The van der Waals surface area contributed by atoms with E-state index >= 15 is 0 Å². The van der Waals surface area contributed by atoms with Gasteiger partial charge in [0.1, 0.15) is 10.6 Å².